The van der Waals surface area contributed by atoms with E-state index < -0.39 is 24.5 Å². The lowest BCUT2D eigenvalue weighted by Gasteiger charge is -2.23. The fraction of sp³-hybridized carbons (Fsp3) is 0.889. The van der Waals surface area contributed by atoms with Gasteiger partial charge in [0.1, 0.15) is 11.8 Å². The SMILES string of the molecule is CC(C)C(C)OCC(C(=N)N)C(F)(F)F. The van der Waals surface area contributed by atoms with Crippen LogP contribution in [-0.4, -0.2) is 24.7 Å². The van der Waals surface area contributed by atoms with Crippen LogP contribution in [0.4, 0.5) is 13.2 Å². The van der Waals surface area contributed by atoms with Crippen molar-refractivity contribution in [2.75, 3.05) is 6.61 Å². The molecule has 0 aromatic heterocycles. The van der Waals surface area contributed by atoms with Crippen molar-refractivity contribution in [3.05, 3.63) is 0 Å². The molecule has 0 fully saturated rings. The Kier molecular flexibility index (Phi) is 5.07. The van der Waals surface area contributed by atoms with Crippen molar-refractivity contribution in [3.8, 4) is 0 Å². The Hall–Kier alpha value is -0.780. The highest BCUT2D eigenvalue weighted by Gasteiger charge is 2.42. The van der Waals surface area contributed by atoms with Gasteiger partial charge in [-0.15, -0.1) is 0 Å². The van der Waals surface area contributed by atoms with Crippen molar-refractivity contribution in [3.63, 3.8) is 0 Å². The Labute approximate surface area is 87.3 Å². The van der Waals surface area contributed by atoms with Gasteiger partial charge < -0.3 is 10.5 Å². The Morgan fingerprint density at radius 2 is 1.80 bits per heavy atom. The lowest BCUT2D eigenvalue weighted by molar-refractivity contribution is -0.173. The van der Waals surface area contributed by atoms with Crippen LogP contribution < -0.4 is 5.73 Å². The number of hydrogen-bond acceptors (Lipinski definition) is 2. The van der Waals surface area contributed by atoms with Crippen molar-refractivity contribution in [2.45, 2.75) is 33.1 Å². The third kappa shape index (κ3) is 5.01. The summed E-state index contributed by atoms with van der Waals surface area (Å²) in [5.41, 5.74) is 4.87. The van der Waals surface area contributed by atoms with Gasteiger partial charge in [0.15, 0.2) is 0 Å². The van der Waals surface area contributed by atoms with Gasteiger partial charge in [-0.25, -0.2) is 0 Å². The van der Waals surface area contributed by atoms with E-state index in [4.69, 9.17) is 15.9 Å². The first-order chi connectivity index (χ1) is 6.66. The second-order valence-electron chi connectivity index (χ2n) is 3.83. The van der Waals surface area contributed by atoms with E-state index in [1.54, 1.807) is 6.92 Å². The van der Waals surface area contributed by atoms with E-state index in [0.29, 0.717) is 0 Å². The fourth-order valence-corrected chi connectivity index (χ4v) is 0.801. The topological polar surface area (TPSA) is 59.1 Å². The molecule has 0 saturated heterocycles. The lowest BCUT2D eigenvalue weighted by Crippen LogP contribution is -2.39. The number of nitrogens with one attached hydrogen (secondary N) is 1. The molecule has 0 aliphatic carbocycles. The highest BCUT2D eigenvalue weighted by molar-refractivity contribution is 5.80. The van der Waals surface area contributed by atoms with E-state index in [9.17, 15) is 13.2 Å². The zero-order chi connectivity index (χ0) is 12.2. The zero-order valence-corrected chi connectivity index (χ0v) is 9.06. The number of ether oxygens (including phenoxy) is 1. The molecule has 0 aromatic rings. The Morgan fingerprint density at radius 1 is 1.33 bits per heavy atom. The number of hydrogen-bond donors (Lipinski definition) is 2. The third-order valence-electron chi connectivity index (χ3n) is 2.24. The molecule has 0 heterocycles. The first-order valence-corrected chi connectivity index (χ1v) is 4.68. The van der Waals surface area contributed by atoms with Crippen LogP contribution in [-0.2, 0) is 4.74 Å². The highest BCUT2D eigenvalue weighted by atomic mass is 19.4. The van der Waals surface area contributed by atoms with E-state index in [1.807, 2.05) is 13.8 Å². The second-order valence-corrected chi connectivity index (χ2v) is 3.83. The molecule has 3 nitrogen and oxygen atoms in total. The highest BCUT2D eigenvalue weighted by Crippen LogP contribution is 2.26. The smallest absolute Gasteiger partial charge is 0.387 e. The first-order valence-electron chi connectivity index (χ1n) is 4.68. The normalized spacial score (nSPS) is 16.5. The number of rotatable bonds is 5. The average Bonchev–Trinajstić information content (AvgIpc) is 2.00. The van der Waals surface area contributed by atoms with E-state index in [1.165, 1.54) is 0 Å². The van der Waals surface area contributed by atoms with Crippen molar-refractivity contribution >= 4 is 5.84 Å². The molecule has 0 saturated carbocycles. The summed E-state index contributed by atoms with van der Waals surface area (Å²) < 4.78 is 42.0. The minimum atomic E-state index is -4.51. The van der Waals surface area contributed by atoms with Crippen molar-refractivity contribution < 1.29 is 17.9 Å². The Morgan fingerprint density at radius 3 is 2.07 bits per heavy atom. The molecule has 2 unspecified atom stereocenters. The predicted octanol–water partition coefficient (Wildman–Crippen LogP) is 2.16. The zero-order valence-electron chi connectivity index (χ0n) is 9.06. The third-order valence-corrected chi connectivity index (χ3v) is 2.24. The van der Waals surface area contributed by atoms with Crippen LogP contribution in [0.25, 0.3) is 0 Å². The molecule has 2 atom stereocenters. The lowest BCUT2D eigenvalue weighted by atomic mass is 10.1. The van der Waals surface area contributed by atoms with Gasteiger partial charge in [0.2, 0.25) is 0 Å². The molecular formula is C9H17F3N2O. The van der Waals surface area contributed by atoms with Crippen LogP contribution in [0, 0.1) is 17.2 Å². The molecule has 90 valence electrons. The largest absolute Gasteiger partial charge is 0.400 e. The van der Waals surface area contributed by atoms with Crippen LogP contribution in [0.1, 0.15) is 20.8 Å². The molecule has 15 heavy (non-hydrogen) atoms. The number of alkyl halides is 3. The molecule has 0 radical (unpaired) electrons. The summed E-state index contributed by atoms with van der Waals surface area (Å²) in [5, 5.41) is 6.84. The Balaban J connectivity index is 4.27. The minimum absolute atomic E-state index is 0.130. The van der Waals surface area contributed by atoms with E-state index in [-0.39, 0.29) is 12.0 Å². The molecule has 0 aliphatic rings. The van der Waals surface area contributed by atoms with Crippen LogP contribution in [0.2, 0.25) is 0 Å². The van der Waals surface area contributed by atoms with Crippen LogP contribution in [0.5, 0.6) is 0 Å². The van der Waals surface area contributed by atoms with E-state index in [0.717, 1.165) is 0 Å². The minimum Gasteiger partial charge on any atom is -0.387 e. The van der Waals surface area contributed by atoms with Crippen LogP contribution in [0.15, 0.2) is 0 Å². The maximum Gasteiger partial charge on any atom is 0.400 e. The predicted molar refractivity (Wildman–Crippen MR) is 51.7 cm³/mol. The maximum atomic E-state index is 12.3. The summed E-state index contributed by atoms with van der Waals surface area (Å²) in [4.78, 5) is 0. The number of nitrogens with two attached hydrogens (primary N) is 1. The van der Waals surface area contributed by atoms with E-state index in [2.05, 4.69) is 0 Å². The Bertz CT molecular complexity index is 216. The van der Waals surface area contributed by atoms with Crippen molar-refractivity contribution in [1.82, 2.24) is 0 Å². The van der Waals surface area contributed by atoms with Gasteiger partial charge in [-0.3, -0.25) is 5.41 Å². The van der Waals surface area contributed by atoms with Gasteiger partial charge in [0.25, 0.3) is 0 Å². The monoisotopic (exact) mass is 226 g/mol. The molecule has 0 amide bonds. The summed E-state index contributed by atoms with van der Waals surface area (Å²) in [5.74, 6) is -2.78. The van der Waals surface area contributed by atoms with Crippen molar-refractivity contribution in [2.24, 2.45) is 17.6 Å². The van der Waals surface area contributed by atoms with Crippen LogP contribution in [0.3, 0.4) is 0 Å². The summed E-state index contributed by atoms with van der Waals surface area (Å²) >= 11 is 0. The molecule has 6 heteroatoms. The molecule has 0 aliphatic heterocycles. The summed E-state index contributed by atoms with van der Waals surface area (Å²) in [7, 11) is 0. The fourth-order valence-electron chi connectivity index (χ4n) is 0.801. The number of halogens is 3. The van der Waals surface area contributed by atoms with Gasteiger partial charge in [0.05, 0.1) is 12.7 Å². The maximum absolute atomic E-state index is 12.3. The molecule has 3 N–H and O–H groups in total. The van der Waals surface area contributed by atoms with Gasteiger partial charge in [0, 0.05) is 0 Å². The molecule has 0 bridgehead atoms. The first kappa shape index (κ1) is 14.2. The second kappa shape index (κ2) is 5.34. The quantitative estimate of drug-likeness (QED) is 0.557. The summed E-state index contributed by atoms with van der Waals surface area (Å²) in [6.07, 6.45) is -4.79. The molecule has 0 rings (SSSR count). The van der Waals surface area contributed by atoms with Gasteiger partial charge in [-0.05, 0) is 12.8 Å². The summed E-state index contributed by atoms with van der Waals surface area (Å²) in [6.45, 7) is 4.80. The van der Waals surface area contributed by atoms with Gasteiger partial charge in [-0.1, -0.05) is 13.8 Å². The van der Waals surface area contributed by atoms with Crippen molar-refractivity contribution in [1.29, 1.82) is 5.41 Å². The average molecular weight is 226 g/mol. The van der Waals surface area contributed by atoms with E-state index >= 15 is 0 Å². The van der Waals surface area contributed by atoms with Gasteiger partial charge >= 0.3 is 6.18 Å². The summed E-state index contributed by atoms with van der Waals surface area (Å²) in [6, 6.07) is 0. The molecule has 0 aromatic carbocycles. The molecule has 0 spiro atoms. The van der Waals surface area contributed by atoms with Gasteiger partial charge in [-0.2, -0.15) is 13.2 Å². The standard InChI is InChI=1S/C9H17F3N2O/c1-5(2)6(3)15-4-7(8(13)14)9(10,11)12/h5-7H,4H2,1-3H3,(H3,13,14). The number of amidine groups is 1. The molecular weight excluding hydrogens is 209 g/mol. The van der Waals surface area contributed by atoms with Crippen LogP contribution >= 0.6 is 0 Å².